The predicted octanol–water partition coefficient (Wildman–Crippen LogP) is 2.80. The first-order valence-corrected chi connectivity index (χ1v) is 6.28. The molecule has 4 rings (SSSR count). The van der Waals surface area contributed by atoms with Gasteiger partial charge in [-0.2, -0.15) is 4.98 Å². The second kappa shape index (κ2) is 4.41. The van der Waals surface area contributed by atoms with Crippen LogP contribution in [-0.2, 0) is 0 Å². The molecule has 0 spiro atoms. The van der Waals surface area contributed by atoms with Crippen molar-refractivity contribution < 1.29 is 13.7 Å². The standard InChI is InChI=1S/C14H11N3O3/c1-2-10(12-11(3-1)15-5-7-19-12)14-16-13(17-20-14)9-4-6-18-8-9/h1-4,6,8,15H,5,7H2. The third-order valence-corrected chi connectivity index (χ3v) is 3.11. The molecule has 20 heavy (non-hydrogen) atoms. The van der Waals surface area contributed by atoms with Crippen LogP contribution >= 0.6 is 0 Å². The number of fused-ring (bicyclic) bond motifs is 1. The molecule has 0 radical (unpaired) electrons. The number of benzene rings is 1. The summed E-state index contributed by atoms with van der Waals surface area (Å²) in [5.74, 6) is 1.68. The molecule has 6 heteroatoms. The molecule has 0 bridgehead atoms. The van der Waals surface area contributed by atoms with Crippen LogP contribution in [0.4, 0.5) is 5.69 Å². The molecule has 3 aromatic rings. The van der Waals surface area contributed by atoms with E-state index in [4.69, 9.17) is 13.7 Å². The van der Waals surface area contributed by atoms with Gasteiger partial charge in [-0.05, 0) is 18.2 Å². The molecular formula is C14H11N3O3. The maximum atomic E-state index is 5.70. The minimum absolute atomic E-state index is 0.432. The molecule has 1 N–H and O–H groups in total. The number of furan rings is 1. The Morgan fingerprint density at radius 1 is 1.20 bits per heavy atom. The second-order valence-electron chi connectivity index (χ2n) is 4.39. The Bertz CT molecular complexity index is 734. The summed E-state index contributed by atoms with van der Waals surface area (Å²) in [5.41, 5.74) is 2.51. The zero-order chi connectivity index (χ0) is 13.4. The highest BCUT2D eigenvalue weighted by atomic mass is 16.5. The number of hydrogen-bond donors (Lipinski definition) is 1. The molecule has 0 saturated heterocycles. The molecule has 0 fully saturated rings. The number of hydrogen-bond acceptors (Lipinski definition) is 6. The van der Waals surface area contributed by atoms with E-state index >= 15 is 0 Å². The average Bonchev–Trinajstić information content (AvgIpc) is 3.17. The van der Waals surface area contributed by atoms with Crippen molar-refractivity contribution >= 4 is 5.69 Å². The van der Waals surface area contributed by atoms with Crippen molar-refractivity contribution in [3.05, 3.63) is 36.8 Å². The van der Waals surface area contributed by atoms with Crippen LogP contribution in [0.25, 0.3) is 22.8 Å². The third-order valence-electron chi connectivity index (χ3n) is 3.11. The fourth-order valence-electron chi connectivity index (χ4n) is 2.18. The van der Waals surface area contributed by atoms with E-state index in [1.807, 2.05) is 18.2 Å². The van der Waals surface area contributed by atoms with Crippen LogP contribution < -0.4 is 10.1 Å². The van der Waals surface area contributed by atoms with Crippen LogP contribution in [0.3, 0.4) is 0 Å². The summed E-state index contributed by atoms with van der Waals surface area (Å²) in [7, 11) is 0. The van der Waals surface area contributed by atoms with Crippen molar-refractivity contribution in [2.75, 3.05) is 18.5 Å². The molecule has 0 aliphatic carbocycles. The van der Waals surface area contributed by atoms with Gasteiger partial charge in [0.25, 0.3) is 5.89 Å². The summed E-state index contributed by atoms with van der Waals surface area (Å²) >= 11 is 0. The topological polar surface area (TPSA) is 73.3 Å². The predicted molar refractivity (Wildman–Crippen MR) is 71.4 cm³/mol. The van der Waals surface area contributed by atoms with E-state index in [0.29, 0.717) is 18.3 Å². The fourth-order valence-corrected chi connectivity index (χ4v) is 2.18. The normalized spacial score (nSPS) is 13.4. The lowest BCUT2D eigenvalue weighted by atomic mass is 10.1. The van der Waals surface area contributed by atoms with E-state index in [2.05, 4.69) is 15.5 Å². The number of para-hydroxylation sites is 1. The van der Waals surface area contributed by atoms with Crippen LogP contribution in [-0.4, -0.2) is 23.3 Å². The highest BCUT2D eigenvalue weighted by molar-refractivity contribution is 5.75. The van der Waals surface area contributed by atoms with E-state index in [9.17, 15) is 0 Å². The Kier molecular flexibility index (Phi) is 2.45. The molecule has 0 saturated carbocycles. The van der Waals surface area contributed by atoms with Crippen molar-refractivity contribution in [2.24, 2.45) is 0 Å². The minimum Gasteiger partial charge on any atom is -0.489 e. The number of rotatable bonds is 2. The van der Waals surface area contributed by atoms with Gasteiger partial charge in [0.2, 0.25) is 5.82 Å². The van der Waals surface area contributed by atoms with Gasteiger partial charge in [-0.3, -0.25) is 0 Å². The zero-order valence-corrected chi connectivity index (χ0v) is 10.5. The SMILES string of the molecule is c1cc2c(c(-c3nc(-c4ccoc4)no3)c1)OCCN2. The number of anilines is 1. The molecule has 0 amide bonds. The lowest BCUT2D eigenvalue weighted by Gasteiger charge is -2.20. The third kappa shape index (κ3) is 1.73. The van der Waals surface area contributed by atoms with Gasteiger partial charge >= 0.3 is 0 Å². The smallest absolute Gasteiger partial charge is 0.262 e. The zero-order valence-electron chi connectivity index (χ0n) is 10.5. The van der Waals surface area contributed by atoms with E-state index in [-0.39, 0.29) is 0 Å². The number of ether oxygens (including phenoxy) is 1. The lowest BCUT2D eigenvalue weighted by Crippen LogP contribution is -2.18. The summed E-state index contributed by atoms with van der Waals surface area (Å²) < 4.78 is 16.0. The Morgan fingerprint density at radius 2 is 2.20 bits per heavy atom. The molecule has 0 atom stereocenters. The van der Waals surface area contributed by atoms with Crippen LogP contribution in [0.1, 0.15) is 0 Å². The highest BCUT2D eigenvalue weighted by Gasteiger charge is 2.20. The first kappa shape index (κ1) is 11.1. The fraction of sp³-hybridized carbons (Fsp3) is 0.143. The Hall–Kier alpha value is -2.76. The molecule has 6 nitrogen and oxygen atoms in total. The first-order chi connectivity index (χ1) is 9.92. The van der Waals surface area contributed by atoms with Gasteiger partial charge < -0.3 is 19.0 Å². The maximum Gasteiger partial charge on any atom is 0.262 e. The number of nitrogens with zero attached hydrogens (tertiary/aromatic N) is 2. The van der Waals surface area contributed by atoms with Crippen LogP contribution in [0, 0.1) is 0 Å². The van der Waals surface area contributed by atoms with Crippen molar-refractivity contribution in [1.29, 1.82) is 0 Å². The summed E-state index contributed by atoms with van der Waals surface area (Å²) in [6.45, 7) is 1.41. The summed E-state index contributed by atoms with van der Waals surface area (Å²) in [6, 6.07) is 7.58. The monoisotopic (exact) mass is 269 g/mol. The summed E-state index contributed by atoms with van der Waals surface area (Å²) in [5, 5.41) is 7.24. The average molecular weight is 269 g/mol. The van der Waals surface area contributed by atoms with Crippen molar-refractivity contribution in [2.45, 2.75) is 0 Å². The largest absolute Gasteiger partial charge is 0.489 e. The quantitative estimate of drug-likeness (QED) is 0.771. The Labute approximate surface area is 114 Å². The van der Waals surface area contributed by atoms with Gasteiger partial charge in [0.05, 0.1) is 23.1 Å². The molecule has 1 aromatic carbocycles. The van der Waals surface area contributed by atoms with E-state index in [1.54, 1.807) is 18.6 Å². The van der Waals surface area contributed by atoms with Gasteiger partial charge in [0, 0.05) is 6.54 Å². The molecule has 3 heterocycles. The van der Waals surface area contributed by atoms with E-state index < -0.39 is 0 Å². The highest BCUT2D eigenvalue weighted by Crippen LogP contribution is 2.37. The molecular weight excluding hydrogens is 258 g/mol. The van der Waals surface area contributed by atoms with Crippen LogP contribution in [0.5, 0.6) is 5.75 Å². The summed E-state index contributed by atoms with van der Waals surface area (Å²) in [4.78, 5) is 4.39. The van der Waals surface area contributed by atoms with E-state index in [0.717, 1.165) is 29.1 Å². The van der Waals surface area contributed by atoms with Gasteiger partial charge in [0.15, 0.2) is 5.75 Å². The van der Waals surface area contributed by atoms with Crippen molar-refractivity contribution in [3.63, 3.8) is 0 Å². The van der Waals surface area contributed by atoms with Gasteiger partial charge in [0.1, 0.15) is 12.9 Å². The van der Waals surface area contributed by atoms with Crippen molar-refractivity contribution in [3.8, 4) is 28.6 Å². The molecule has 2 aromatic heterocycles. The molecule has 1 aliphatic heterocycles. The molecule has 0 unspecified atom stereocenters. The Morgan fingerprint density at radius 3 is 3.10 bits per heavy atom. The summed E-state index contributed by atoms with van der Waals surface area (Å²) in [6.07, 6.45) is 3.15. The number of aromatic nitrogens is 2. The second-order valence-corrected chi connectivity index (χ2v) is 4.39. The van der Waals surface area contributed by atoms with Gasteiger partial charge in [-0.1, -0.05) is 11.2 Å². The lowest BCUT2D eigenvalue weighted by molar-refractivity contribution is 0.322. The van der Waals surface area contributed by atoms with Gasteiger partial charge in [-0.25, -0.2) is 0 Å². The maximum absolute atomic E-state index is 5.70. The van der Waals surface area contributed by atoms with E-state index in [1.165, 1.54) is 0 Å². The first-order valence-electron chi connectivity index (χ1n) is 6.28. The minimum atomic E-state index is 0.432. The molecule has 1 aliphatic rings. The van der Waals surface area contributed by atoms with Crippen LogP contribution in [0.15, 0.2) is 45.7 Å². The van der Waals surface area contributed by atoms with Crippen molar-refractivity contribution in [1.82, 2.24) is 10.1 Å². The molecule has 100 valence electrons. The Balaban J connectivity index is 1.78. The number of nitrogens with one attached hydrogen (secondary N) is 1. The van der Waals surface area contributed by atoms with Crippen LogP contribution in [0.2, 0.25) is 0 Å². The van der Waals surface area contributed by atoms with Gasteiger partial charge in [-0.15, -0.1) is 0 Å².